The van der Waals surface area contributed by atoms with Gasteiger partial charge in [-0.2, -0.15) is 0 Å². The second kappa shape index (κ2) is 6.03. The van der Waals surface area contributed by atoms with E-state index in [1.54, 1.807) is 0 Å². The van der Waals surface area contributed by atoms with Crippen LogP contribution in [0.15, 0.2) is 23.1 Å². The first kappa shape index (κ1) is 15.5. The fourth-order valence-corrected chi connectivity index (χ4v) is 2.37. The lowest BCUT2D eigenvalue weighted by Gasteiger charge is -2.15. The van der Waals surface area contributed by atoms with Crippen molar-refractivity contribution < 1.29 is 17.9 Å². The minimum atomic E-state index is -4.03. The van der Waals surface area contributed by atoms with Gasteiger partial charge >= 0.3 is 5.97 Å². The summed E-state index contributed by atoms with van der Waals surface area (Å²) in [5.41, 5.74) is 5.62. The molecule has 7 heteroatoms. The van der Waals surface area contributed by atoms with Crippen molar-refractivity contribution in [3.8, 4) is 0 Å². The number of nitrogen functional groups attached to an aromatic ring is 1. The Labute approximate surface area is 112 Å². The normalized spacial score (nSPS) is 11.6. The molecule has 0 saturated heterocycles. The van der Waals surface area contributed by atoms with E-state index in [0.717, 1.165) is 6.07 Å². The highest BCUT2D eigenvalue weighted by Gasteiger charge is 2.22. The van der Waals surface area contributed by atoms with Gasteiger partial charge in [0.05, 0.1) is 10.5 Å². The van der Waals surface area contributed by atoms with E-state index in [-0.39, 0.29) is 22.3 Å². The van der Waals surface area contributed by atoms with Gasteiger partial charge < -0.3 is 10.5 Å². The Bertz CT molecular complexity index is 565. The number of rotatable bonds is 5. The monoisotopic (exact) mass is 286 g/mol. The maximum atomic E-state index is 12.0. The minimum Gasteiger partial charge on any atom is -0.459 e. The predicted octanol–water partition coefficient (Wildman–Crippen LogP) is 1.26. The van der Waals surface area contributed by atoms with Gasteiger partial charge in [0, 0.05) is 5.69 Å². The number of hydrogen-bond acceptors (Lipinski definition) is 5. The van der Waals surface area contributed by atoms with E-state index in [1.807, 2.05) is 13.8 Å². The summed E-state index contributed by atoms with van der Waals surface area (Å²) in [5.74, 6) is -0.710. The molecule has 0 aliphatic heterocycles. The van der Waals surface area contributed by atoms with E-state index in [2.05, 4.69) is 0 Å². The van der Waals surface area contributed by atoms with Crippen LogP contribution in [0.5, 0.6) is 0 Å². The summed E-state index contributed by atoms with van der Waals surface area (Å²) in [7, 11) is -4.03. The molecule has 0 amide bonds. The van der Waals surface area contributed by atoms with Crippen LogP contribution < -0.4 is 10.9 Å². The van der Waals surface area contributed by atoms with Gasteiger partial charge in [0.1, 0.15) is 6.10 Å². The van der Waals surface area contributed by atoms with Gasteiger partial charge in [0.2, 0.25) is 10.0 Å². The molecular weight excluding hydrogens is 268 g/mol. The third-order valence-corrected chi connectivity index (χ3v) is 3.67. The van der Waals surface area contributed by atoms with Crippen molar-refractivity contribution >= 4 is 21.7 Å². The van der Waals surface area contributed by atoms with E-state index in [1.165, 1.54) is 12.1 Å². The molecule has 0 aliphatic carbocycles. The molecule has 0 radical (unpaired) electrons. The van der Waals surface area contributed by atoms with Crippen LogP contribution in [0.1, 0.15) is 37.0 Å². The number of hydrogen-bond donors (Lipinski definition) is 2. The zero-order chi connectivity index (χ0) is 14.6. The van der Waals surface area contributed by atoms with Gasteiger partial charge in [-0.3, -0.25) is 0 Å². The maximum Gasteiger partial charge on any atom is 0.339 e. The van der Waals surface area contributed by atoms with Crippen LogP contribution in [0.25, 0.3) is 0 Å². The van der Waals surface area contributed by atoms with E-state index < -0.39 is 16.0 Å². The fraction of sp³-hybridized carbons (Fsp3) is 0.417. The van der Waals surface area contributed by atoms with E-state index in [4.69, 9.17) is 15.6 Å². The van der Waals surface area contributed by atoms with Crippen molar-refractivity contribution in [2.24, 2.45) is 5.14 Å². The SMILES string of the molecule is CCC(CC)OC(=O)c1ccc(N)cc1S(N)(=O)=O. The topological polar surface area (TPSA) is 112 Å². The van der Waals surface area contributed by atoms with Crippen molar-refractivity contribution in [3.63, 3.8) is 0 Å². The first-order valence-corrected chi connectivity index (χ1v) is 7.47. The number of nitrogens with two attached hydrogens (primary N) is 2. The number of benzene rings is 1. The summed E-state index contributed by atoms with van der Waals surface area (Å²) in [6.07, 6.45) is 1.06. The number of primary sulfonamides is 1. The molecule has 0 saturated carbocycles. The van der Waals surface area contributed by atoms with Crippen LogP contribution in [-0.4, -0.2) is 20.5 Å². The summed E-state index contributed by atoms with van der Waals surface area (Å²) >= 11 is 0. The standard InChI is InChI=1S/C12H18N2O4S/c1-3-9(4-2)18-12(15)10-6-5-8(13)7-11(10)19(14,16)17/h5-7,9H,3-4,13H2,1-2H3,(H2,14,16,17). The fourth-order valence-electron chi connectivity index (χ4n) is 1.61. The van der Waals surface area contributed by atoms with Gasteiger partial charge in [0.15, 0.2) is 0 Å². The molecule has 1 aromatic rings. The van der Waals surface area contributed by atoms with Crippen LogP contribution in [0.3, 0.4) is 0 Å². The molecule has 0 bridgehead atoms. The van der Waals surface area contributed by atoms with Crippen molar-refractivity contribution in [1.82, 2.24) is 0 Å². The predicted molar refractivity (Wildman–Crippen MR) is 72.0 cm³/mol. The largest absolute Gasteiger partial charge is 0.459 e. The summed E-state index contributed by atoms with van der Waals surface area (Å²) in [5, 5.41) is 5.07. The molecule has 0 spiro atoms. The van der Waals surface area contributed by atoms with Gasteiger partial charge in [-0.25, -0.2) is 18.4 Å². The van der Waals surface area contributed by atoms with Crippen molar-refractivity contribution in [2.75, 3.05) is 5.73 Å². The van der Waals surface area contributed by atoms with Gasteiger partial charge in [-0.15, -0.1) is 0 Å². The van der Waals surface area contributed by atoms with Crippen molar-refractivity contribution in [1.29, 1.82) is 0 Å². The highest BCUT2D eigenvalue weighted by atomic mass is 32.2. The van der Waals surface area contributed by atoms with Crippen LogP contribution in [0, 0.1) is 0 Å². The Morgan fingerprint density at radius 1 is 1.32 bits per heavy atom. The lowest BCUT2D eigenvalue weighted by molar-refractivity contribution is 0.0280. The Hall–Kier alpha value is -1.60. The molecule has 0 unspecified atom stereocenters. The van der Waals surface area contributed by atoms with Crippen molar-refractivity contribution in [2.45, 2.75) is 37.7 Å². The van der Waals surface area contributed by atoms with E-state index in [9.17, 15) is 13.2 Å². The average molecular weight is 286 g/mol. The number of sulfonamides is 1. The molecule has 106 valence electrons. The highest BCUT2D eigenvalue weighted by Crippen LogP contribution is 2.20. The summed E-state index contributed by atoms with van der Waals surface area (Å²) < 4.78 is 28.1. The molecule has 0 heterocycles. The van der Waals surface area contributed by atoms with Crippen LogP contribution in [0.4, 0.5) is 5.69 Å². The first-order valence-electron chi connectivity index (χ1n) is 5.92. The first-order chi connectivity index (χ1) is 8.79. The maximum absolute atomic E-state index is 12.0. The van der Waals surface area contributed by atoms with Gasteiger partial charge in [-0.1, -0.05) is 13.8 Å². The van der Waals surface area contributed by atoms with Crippen LogP contribution in [-0.2, 0) is 14.8 Å². The Balaban J connectivity index is 3.17. The molecule has 0 atom stereocenters. The summed E-state index contributed by atoms with van der Waals surface area (Å²) in [6, 6.07) is 3.89. The number of carbonyl (C=O) groups is 1. The molecule has 6 nitrogen and oxygen atoms in total. The number of anilines is 1. The smallest absolute Gasteiger partial charge is 0.339 e. The van der Waals surface area contributed by atoms with Crippen molar-refractivity contribution in [3.05, 3.63) is 23.8 Å². The third-order valence-electron chi connectivity index (χ3n) is 2.72. The Kier molecular flexibility index (Phi) is 4.90. The van der Waals surface area contributed by atoms with Gasteiger partial charge in [-0.05, 0) is 31.0 Å². The number of esters is 1. The second-order valence-corrected chi connectivity index (χ2v) is 5.67. The second-order valence-electron chi connectivity index (χ2n) is 4.14. The lowest BCUT2D eigenvalue weighted by Crippen LogP contribution is -2.21. The van der Waals surface area contributed by atoms with E-state index in [0.29, 0.717) is 12.8 Å². The van der Waals surface area contributed by atoms with E-state index >= 15 is 0 Å². The molecule has 0 fully saturated rings. The zero-order valence-corrected chi connectivity index (χ0v) is 11.7. The Morgan fingerprint density at radius 2 is 1.89 bits per heavy atom. The lowest BCUT2D eigenvalue weighted by atomic mass is 10.2. The number of carbonyl (C=O) groups excluding carboxylic acids is 1. The molecular formula is C12H18N2O4S. The minimum absolute atomic E-state index is 0.0939. The van der Waals surface area contributed by atoms with Crippen LogP contribution in [0.2, 0.25) is 0 Å². The average Bonchev–Trinajstić information content (AvgIpc) is 2.34. The molecule has 0 aromatic heterocycles. The molecule has 0 aliphatic rings. The summed E-state index contributed by atoms with van der Waals surface area (Å²) in [4.78, 5) is 11.7. The third kappa shape index (κ3) is 3.93. The molecule has 4 N–H and O–H groups in total. The zero-order valence-electron chi connectivity index (χ0n) is 10.9. The van der Waals surface area contributed by atoms with Gasteiger partial charge in [0.25, 0.3) is 0 Å². The highest BCUT2D eigenvalue weighted by molar-refractivity contribution is 7.89. The quantitative estimate of drug-likeness (QED) is 0.625. The van der Waals surface area contributed by atoms with Crippen LogP contribution >= 0.6 is 0 Å². The molecule has 1 rings (SSSR count). The number of ether oxygens (including phenoxy) is 1. The molecule has 1 aromatic carbocycles. The Morgan fingerprint density at radius 3 is 2.37 bits per heavy atom. The molecule has 19 heavy (non-hydrogen) atoms. The summed E-state index contributed by atoms with van der Waals surface area (Å²) in [6.45, 7) is 3.76.